The number of ether oxygens (including phenoxy) is 2. The van der Waals surface area contributed by atoms with Crippen LogP contribution in [0.15, 0.2) is 65.8 Å². The van der Waals surface area contributed by atoms with E-state index in [1.165, 1.54) is 34.8 Å². The molecule has 0 atom stereocenters. The van der Waals surface area contributed by atoms with Gasteiger partial charge in [0.25, 0.3) is 5.69 Å². The van der Waals surface area contributed by atoms with Crippen molar-refractivity contribution in [2.45, 2.75) is 11.4 Å². The van der Waals surface area contributed by atoms with Crippen molar-refractivity contribution in [3.63, 3.8) is 0 Å². The summed E-state index contributed by atoms with van der Waals surface area (Å²) in [7, 11) is -4.02. The van der Waals surface area contributed by atoms with E-state index in [4.69, 9.17) is 9.47 Å². The van der Waals surface area contributed by atoms with Crippen molar-refractivity contribution in [2.24, 2.45) is 0 Å². The Morgan fingerprint density at radius 3 is 2.65 bits per heavy atom. The number of hydrogen-bond donors (Lipinski definition) is 1. The lowest BCUT2D eigenvalue weighted by Crippen LogP contribution is -2.40. The van der Waals surface area contributed by atoms with Crippen LogP contribution in [0.5, 0.6) is 11.5 Å². The fourth-order valence-corrected chi connectivity index (χ4v) is 4.97. The van der Waals surface area contributed by atoms with Crippen LogP contribution in [0.4, 0.5) is 15.8 Å². The molecule has 4 rings (SSSR count). The molecule has 0 spiro atoms. The van der Waals surface area contributed by atoms with Crippen molar-refractivity contribution in [1.29, 1.82) is 0 Å². The van der Waals surface area contributed by atoms with Gasteiger partial charge >= 0.3 is 0 Å². The van der Waals surface area contributed by atoms with Gasteiger partial charge < -0.3 is 14.8 Å². The fourth-order valence-electron chi connectivity index (χ4n) is 3.38. The number of aromatic nitrogens is 1. The second kappa shape index (κ2) is 10.1. The van der Waals surface area contributed by atoms with Crippen molar-refractivity contribution in [3.8, 4) is 11.5 Å². The van der Waals surface area contributed by atoms with Crippen LogP contribution in [0.3, 0.4) is 0 Å². The average molecular weight is 488 g/mol. The topological polar surface area (TPSA) is 124 Å². The van der Waals surface area contributed by atoms with Crippen LogP contribution in [-0.2, 0) is 21.3 Å². The monoisotopic (exact) mass is 488 g/mol. The molecule has 0 amide bonds. The summed E-state index contributed by atoms with van der Waals surface area (Å²) < 4.78 is 52.8. The minimum atomic E-state index is -4.02. The first-order chi connectivity index (χ1) is 16.3. The third-order valence-electron chi connectivity index (χ3n) is 5.11. The molecule has 0 radical (unpaired) electrons. The number of halogens is 1. The summed E-state index contributed by atoms with van der Waals surface area (Å²) in [6.45, 7) is 0.850. The van der Waals surface area contributed by atoms with Crippen molar-refractivity contribution in [1.82, 2.24) is 9.29 Å². The Balaban J connectivity index is 1.55. The molecule has 1 N–H and O–H groups in total. The Hall–Kier alpha value is -3.61. The molecular weight excluding hydrogens is 467 g/mol. The predicted molar refractivity (Wildman–Crippen MR) is 121 cm³/mol. The van der Waals surface area contributed by atoms with Gasteiger partial charge in [0.2, 0.25) is 10.0 Å². The number of nitro groups is 1. The number of nitrogens with zero attached hydrogens (tertiary/aromatic N) is 3. The first-order valence-electron chi connectivity index (χ1n) is 10.3. The highest BCUT2D eigenvalue weighted by Gasteiger charge is 2.30. The zero-order chi connectivity index (χ0) is 24.1. The molecule has 178 valence electrons. The smallest absolute Gasteiger partial charge is 0.270 e. The summed E-state index contributed by atoms with van der Waals surface area (Å²) in [6, 6.07) is 11.2. The molecule has 3 aromatic rings. The first kappa shape index (κ1) is 23.5. The second-order valence-electron chi connectivity index (χ2n) is 7.36. The summed E-state index contributed by atoms with van der Waals surface area (Å²) in [5.74, 6) is -0.202. The van der Waals surface area contributed by atoms with E-state index < -0.39 is 20.8 Å². The maximum Gasteiger partial charge on any atom is 0.270 e. The maximum atomic E-state index is 14.6. The number of rotatable bonds is 8. The van der Waals surface area contributed by atoms with Crippen LogP contribution in [0.2, 0.25) is 0 Å². The van der Waals surface area contributed by atoms with Crippen molar-refractivity contribution in [3.05, 3.63) is 82.4 Å². The van der Waals surface area contributed by atoms with Crippen LogP contribution in [0.1, 0.15) is 5.56 Å². The van der Waals surface area contributed by atoms with Crippen LogP contribution in [0.25, 0.3) is 0 Å². The Kier molecular flexibility index (Phi) is 7.01. The maximum absolute atomic E-state index is 14.6. The number of morpholine rings is 1. The third kappa shape index (κ3) is 5.30. The quantitative estimate of drug-likeness (QED) is 0.377. The Morgan fingerprint density at radius 1 is 1.18 bits per heavy atom. The average Bonchev–Trinajstić information content (AvgIpc) is 2.85. The van der Waals surface area contributed by atoms with Crippen molar-refractivity contribution >= 4 is 21.4 Å². The van der Waals surface area contributed by atoms with Gasteiger partial charge in [-0.15, -0.1) is 0 Å². The molecule has 1 aromatic heterocycles. The van der Waals surface area contributed by atoms with Gasteiger partial charge in [-0.1, -0.05) is 6.07 Å². The van der Waals surface area contributed by atoms with Gasteiger partial charge in [-0.3, -0.25) is 15.1 Å². The normalized spacial score (nSPS) is 14.5. The third-order valence-corrected chi connectivity index (χ3v) is 7.04. The minimum Gasteiger partial charge on any atom is -0.453 e. The SMILES string of the molecule is O=[N+]([O-])c1ccc(NCc2ccc(Oc3cccnc3)c(F)c2)c(S(=O)(=O)N2CCOCC2)c1. The summed E-state index contributed by atoms with van der Waals surface area (Å²) >= 11 is 0. The number of pyridine rings is 1. The highest BCUT2D eigenvalue weighted by atomic mass is 32.2. The number of sulfonamides is 1. The highest BCUT2D eigenvalue weighted by Crippen LogP contribution is 2.30. The minimum absolute atomic E-state index is 0.0164. The van der Waals surface area contributed by atoms with Gasteiger partial charge in [0.05, 0.1) is 30.0 Å². The largest absolute Gasteiger partial charge is 0.453 e. The Labute approximate surface area is 195 Å². The van der Waals surface area contributed by atoms with Gasteiger partial charge in [-0.2, -0.15) is 4.31 Å². The molecule has 10 nitrogen and oxygen atoms in total. The van der Waals surface area contributed by atoms with E-state index in [1.807, 2.05) is 0 Å². The van der Waals surface area contributed by atoms with Crippen molar-refractivity contribution in [2.75, 3.05) is 31.6 Å². The van der Waals surface area contributed by atoms with E-state index in [2.05, 4.69) is 10.3 Å². The molecule has 0 unspecified atom stereocenters. The molecule has 1 fully saturated rings. The zero-order valence-electron chi connectivity index (χ0n) is 17.9. The molecule has 2 aromatic carbocycles. The molecule has 34 heavy (non-hydrogen) atoms. The van der Waals surface area contributed by atoms with E-state index in [9.17, 15) is 22.9 Å². The van der Waals surface area contributed by atoms with E-state index >= 15 is 0 Å². The number of non-ortho nitro benzene ring substituents is 1. The molecule has 1 aliphatic rings. The summed E-state index contributed by atoms with van der Waals surface area (Å²) in [5.41, 5.74) is 0.345. The number of hydrogen-bond acceptors (Lipinski definition) is 8. The lowest BCUT2D eigenvalue weighted by atomic mass is 10.2. The summed E-state index contributed by atoms with van der Waals surface area (Å²) in [4.78, 5) is 14.3. The van der Waals surface area contributed by atoms with E-state index in [1.54, 1.807) is 24.4 Å². The van der Waals surface area contributed by atoms with E-state index in [0.29, 0.717) is 11.3 Å². The lowest BCUT2D eigenvalue weighted by Gasteiger charge is -2.27. The predicted octanol–water partition coefficient (Wildman–Crippen LogP) is 3.55. The fraction of sp³-hybridized carbons (Fsp3) is 0.227. The van der Waals surface area contributed by atoms with Gasteiger partial charge in [0.15, 0.2) is 11.6 Å². The Bertz CT molecular complexity index is 1280. The standard InChI is InChI=1S/C22H21FN4O6S/c23-19-12-16(3-6-21(19)33-18-2-1-7-24-15-18)14-25-20-5-4-17(27(28)29)13-22(20)34(30,31)26-8-10-32-11-9-26/h1-7,12-13,15,25H,8-11,14H2. The summed E-state index contributed by atoms with van der Waals surface area (Å²) in [5, 5.41) is 14.2. The Morgan fingerprint density at radius 2 is 1.97 bits per heavy atom. The van der Waals surface area contributed by atoms with Crippen LogP contribution < -0.4 is 10.1 Å². The van der Waals surface area contributed by atoms with E-state index in [-0.39, 0.29) is 54.9 Å². The molecular formula is C22H21FN4O6S. The molecule has 2 heterocycles. The number of nitrogens with one attached hydrogen (secondary N) is 1. The summed E-state index contributed by atoms with van der Waals surface area (Å²) in [6.07, 6.45) is 3.03. The van der Waals surface area contributed by atoms with Gasteiger partial charge in [0.1, 0.15) is 10.6 Å². The first-order valence-corrected chi connectivity index (χ1v) is 11.7. The van der Waals surface area contributed by atoms with Crippen LogP contribution >= 0.6 is 0 Å². The highest BCUT2D eigenvalue weighted by molar-refractivity contribution is 7.89. The number of nitro benzene ring substituents is 1. The van der Waals surface area contributed by atoms with Gasteiger partial charge in [-0.05, 0) is 35.9 Å². The lowest BCUT2D eigenvalue weighted by molar-refractivity contribution is -0.385. The van der Waals surface area contributed by atoms with Crippen LogP contribution in [0, 0.1) is 15.9 Å². The van der Waals surface area contributed by atoms with Crippen LogP contribution in [-0.4, -0.2) is 48.9 Å². The van der Waals surface area contributed by atoms with Crippen molar-refractivity contribution < 1.29 is 27.2 Å². The van der Waals surface area contributed by atoms with Gasteiger partial charge in [-0.25, -0.2) is 12.8 Å². The number of benzene rings is 2. The van der Waals surface area contributed by atoms with Gasteiger partial charge in [0, 0.05) is 38.0 Å². The van der Waals surface area contributed by atoms with E-state index in [0.717, 1.165) is 6.07 Å². The number of anilines is 1. The molecule has 0 aliphatic carbocycles. The second-order valence-corrected chi connectivity index (χ2v) is 9.27. The molecule has 12 heteroatoms. The molecule has 0 bridgehead atoms. The molecule has 1 saturated heterocycles. The molecule has 1 aliphatic heterocycles. The molecule has 0 saturated carbocycles. The zero-order valence-corrected chi connectivity index (χ0v) is 18.7.